The number of unbranched alkanes of at least 4 members (excludes halogenated alkanes) is 6. The Bertz CT molecular complexity index is 858. The van der Waals surface area contributed by atoms with Gasteiger partial charge < -0.3 is 4.74 Å². The quantitative estimate of drug-likeness (QED) is 0.128. The number of fused-ring (bicyclic) bond motifs is 5. The van der Waals surface area contributed by atoms with Crippen molar-refractivity contribution in [2.24, 2.45) is 45.8 Å². The fraction of sp³-hybridized carbons (Fsp3) is 0.921. The molecule has 0 aromatic heterocycles. The second kappa shape index (κ2) is 13.7. The normalized spacial score (nSPS) is 39.2. The fourth-order valence-corrected chi connectivity index (χ4v) is 10.7. The van der Waals surface area contributed by atoms with Gasteiger partial charge in [-0.2, -0.15) is 0 Å². The molecule has 0 bridgehead atoms. The summed E-state index contributed by atoms with van der Waals surface area (Å²) in [4.78, 5) is 12.8. The van der Waals surface area contributed by atoms with Gasteiger partial charge in [-0.05, 0) is 104 Å². The van der Waals surface area contributed by atoms with E-state index in [0.29, 0.717) is 23.2 Å². The molecule has 0 N–H and O–H groups in total. The summed E-state index contributed by atoms with van der Waals surface area (Å²) >= 11 is 0. The number of rotatable bonds is 13. The molecule has 0 aliphatic heterocycles. The van der Waals surface area contributed by atoms with Gasteiger partial charge in [-0.3, -0.25) is 4.79 Å². The van der Waals surface area contributed by atoms with Gasteiger partial charge in [0.1, 0.15) is 6.10 Å². The molecule has 0 saturated heterocycles. The van der Waals surface area contributed by atoms with Crippen molar-refractivity contribution >= 4 is 5.97 Å². The van der Waals surface area contributed by atoms with Crippen LogP contribution >= 0.6 is 0 Å². The summed E-state index contributed by atoms with van der Waals surface area (Å²) in [6.07, 6.45) is 26.6. The van der Waals surface area contributed by atoms with E-state index in [-0.39, 0.29) is 17.5 Å². The highest BCUT2D eigenvalue weighted by Gasteiger charge is 2.64. The average molecular weight is 555 g/mol. The zero-order valence-electron chi connectivity index (χ0n) is 27.8. The van der Waals surface area contributed by atoms with E-state index in [4.69, 9.17) is 4.74 Å². The van der Waals surface area contributed by atoms with Gasteiger partial charge in [-0.1, -0.05) is 111 Å². The summed E-state index contributed by atoms with van der Waals surface area (Å²) in [5, 5.41) is 0. The number of carbonyl (C=O) groups excluding carboxylic acids is 1. The molecule has 230 valence electrons. The van der Waals surface area contributed by atoms with Crippen LogP contribution in [-0.2, 0) is 9.53 Å². The molecule has 3 fully saturated rings. The molecule has 3 saturated carbocycles. The summed E-state index contributed by atoms with van der Waals surface area (Å²) in [7, 11) is 0. The van der Waals surface area contributed by atoms with Crippen LogP contribution in [0.2, 0.25) is 0 Å². The maximum atomic E-state index is 12.8. The zero-order chi connectivity index (χ0) is 29.0. The van der Waals surface area contributed by atoms with E-state index in [2.05, 4.69) is 54.5 Å². The van der Waals surface area contributed by atoms with Crippen molar-refractivity contribution in [3.05, 3.63) is 11.6 Å². The van der Waals surface area contributed by atoms with E-state index in [9.17, 15) is 4.79 Å². The van der Waals surface area contributed by atoms with E-state index >= 15 is 0 Å². The zero-order valence-corrected chi connectivity index (χ0v) is 27.8. The fourth-order valence-electron chi connectivity index (χ4n) is 10.7. The molecule has 0 spiro atoms. The molecule has 0 aromatic rings. The smallest absolute Gasteiger partial charge is 0.306 e. The van der Waals surface area contributed by atoms with Gasteiger partial charge in [0.25, 0.3) is 0 Å². The van der Waals surface area contributed by atoms with E-state index < -0.39 is 0 Å². The van der Waals surface area contributed by atoms with Crippen LogP contribution in [0.3, 0.4) is 0 Å². The molecule has 4 aliphatic rings. The first-order valence-corrected chi connectivity index (χ1v) is 17.9. The molecular formula is C38H66O2. The molecule has 0 heterocycles. The van der Waals surface area contributed by atoms with Gasteiger partial charge in [0.2, 0.25) is 0 Å². The second-order valence-electron chi connectivity index (χ2n) is 16.1. The molecule has 2 nitrogen and oxygen atoms in total. The molecule has 2 heteroatoms. The Kier molecular flexibility index (Phi) is 11.0. The molecular weight excluding hydrogens is 488 g/mol. The van der Waals surface area contributed by atoms with Crippen LogP contribution in [-0.4, -0.2) is 12.1 Å². The number of carbonyl (C=O) groups is 1. The molecule has 4 aliphatic carbocycles. The Labute approximate surface area is 249 Å². The van der Waals surface area contributed by atoms with Gasteiger partial charge in [-0.25, -0.2) is 0 Å². The number of hydrogen-bond acceptors (Lipinski definition) is 2. The van der Waals surface area contributed by atoms with Crippen LogP contribution in [0.1, 0.15) is 170 Å². The van der Waals surface area contributed by atoms with Gasteiger partial charge >= 0.3 is 5.97 Å². The number of ether oxygens (including phenoxy) is 1. The SMILES string of the molecule is CCCCCCCCC(=O)O[C@H]1CC[C@H](C)C2(C)C(=CCC3(C)C2CC[C@@]2(C)C3CC[C@@H]2CCCCC(C)C)C1. The Morgan fingerprint density at radius 3 is 2.40 bits per heavy atom. The molecule has 0 aromatic carbocycles. The Hall–Kier alpha value is -0.790. The van der Waals surface area contributed by atoms with E-state index in [1.165, 1.54) is 96.3 Å². The third-order valence-corrected chi connectivity index (χ3v) is 13.3. The lowest BCUT2D eigenvalue weighted by Crippen LogP contribution is -2.56. The highest BCUT2D eigenvalue weighted by atomic mass is 16.5. The third-order valence-electron chi connectivity index (χ3n) is 13.3. The van der Waals surface area contributed by atoms with Crippen molar-refractivity contribution in [2.45, 2.75) is 177 Å². The average Bonchev–Trinajstić information content (AvgIpc) is 3.19. The third kappa shape index (κ3) is 6.56. The van der Waals surface area contributed by atoms with Gasteiger partial charge in [-0.15, -0.1) is 0 Å². The minimum Gasteiger partial charge on any atom is -0.462 e. The lowest BCUT2D eigenvalue weighted by atomic mass is 9.41. The lowest BCUT2D eigenvalue weighted by molar-refractivity contribution is -0.149. The molecule has 4 unspecified atom stereocenters. The van der Waals surface area contributed by atoms with E-state index in [0.717, 1.165) is 42.9 Å². The van der Waals surface area contributed by atoms with Crippen LogP contribution in [0.5, 0.6) is 0 Å². The minimum absolute atomic E-state index is 0.0526. The van der Waals surface area contributed by atoms with Crippen molar-refractivity contribution < 1.29 is 9.53 Å². The van der Waals surface area contributed by atoms with Crippen LogP contribution in [0.25, 0.3) is 0 Å². The molecule has 40 heavy (non-hydrogen) atoms. The number of allylic oxidation sites excluding steroid dienone is 1. The molecule has 4 rings (SSSR count). The van der Waals surface area contributed by atoms with E-state index in [1.54, 1.807) is 5.57 Å². The predicted molar refractivity (Wildman–Crippen MR) is 170 cm³/mol. The first-order valence-electron chi connectivity index (χ1n) is 17.9. The summed E-state index contributed by atoms with van der Waals surface area (Å²) < 4.78 is 6.18. The number of esters is 1. The van der Waals surface area contributed by atoms with Crippen molar-refractivity contribution in [3.8, 4) is 0 Å². The van der Waals surface area contributed by atoms with Crippen LogP contribution in [0.4, 0.5) is 0 Å². The van der Waals surface area contributed by atoms with Crippen molar-refractivity contribution in [1.29, 1.82) is 0 Å². The van der Waals surface area contributed by atoms with E-state index in [1.807, 2.05) is 0 Å². The Morgan fingerprint density at radius 2 is 1.65 bits per heavy atom. The van der Waals surface area contributed by atoms with Gasteiger partial charge in [0, 0.05) is 12.8 Å². The van der Waals surface area contributed by atoms with Crippen LogP contribution in [0, 0.1) is 45.8 Å². The lowest BCUT2D eigenvalue weighted by Gasteiger charge is -2.63. The predicted octanol–water partition coefficient (Wildman–Crippen LogP) is 11.5. The van der Waals surface area contributed by atoms with Crippen LogP contribution in [0.15, 0.2) is 11.6 Å². The van der Waals surface area contributed by atoms with Gasteiger partial charge in [0.15, 0.2) is 0 Å². The van der Waals surface area contributed by atoms with Crippen LogP contribution < -0.4 is 0 Å². The number of hydrogen-bond donors (Lipinski definition) is 0. The first kappa shape index (κ1) is 32.1. The monoisotopic (exact) mass is 555 g/mol. The highest BCUT2D eigenvalue weighted by Crippen LogP contribution is 2.72. The minimum atomic E-state index is 0.0526. The largest absolute Gasteiger partial charge is 0.462 e. The second-order valence-corrected chi connectivity index (χ2v) is 16.1. The molecule has 0 amide bonds. The first-order chi connectivity index (χ1) is 19.1. The summed E-state index contributed by atoms with van der Waals surface area (Å²) in [6.45, 7) is 17.6. The Morgan fingerprint density at radius 1 is 0.900 bits per heavy atom. The van der Waals surface area contributed by atoms with Gasteiger partial charge in [0.05, 0.1) is 0 Å². The Balaban J connectivity index is 1.40. The topological polar surface area (TPSA) is 26.3 Å². The summed E-state index contributed by atoms with van der Waals surface area (Å²) in [6, 6.07) is 0. The van der Waals surface area contributed by atoms with Crippen molar-refractivity contribution in [1.82, 2.24) is 0 Å². The summed E-state index contributed by atoms with van der Waals surface area (Å²) in [5.74, 6) is 4.12. The highest BCUT2D eigenvalue weighted by molar-refractivity contribution is 5.69. The standard InChI is InChI=1S/C38H66O2/c1-8-9-10-11-12-13-18-35(39)40-32-21-19-29(4)38(7)31(27-32)23-25-37(6)33-22-20-30(17-15-14-16-28(2)3)36(33,5)26-24-34(37)38/h23,28-30,32-34H,8-22,24-27H2,1-7H3/t29-,30-,32-,33?,34?,36+,37?,38?/m0/s1. The maximum Gasteiger partial charge on any atom is 0.306 e. The molecule has 0 radical (unpaired) electrons. The van der Waals surface area contributed by atoms with Crippen molar-refractivity contribution in [3.63, 3.8) is 0 Å². The maximum absolute atomic E-state index is 12.8. The molecule has 8 atom stereocenters. The van der Waals surface area contributed by atoms with Crippen molar-refractivity contribution in [2.75, 3.05) is 0 Å². The summed E-state index contributed by atoms with van der Waals surface area (Å²) in [5.41, 5.74) is 2.85.